The number of alkyl halides is 2. The molecule has 0 radical (unpaired) electrons. The summed E-state index contributed by atoms with van der Waals surface area (Å²) in [6.45, 7) is 2.57. The number of allylic oxidation sites excluding steroid dienone is 2. The number of nitrogens with zero attached hydrogens (tertiary/aromatic N) is 1. The topological polar surface area (TPSA) is 94.6 Å². The van der Waals surface area contributed by atoms with Crippen LogP contribution < -0.4 is 10.5 Å². The van der Waals surface area contributed by atoms with Crippen molar-refractivity contribution >= 4 is 5.97 Å². The van der Waals surface area contributed by atoms with Crippen LogP contribution in [0.2, 0.25) is 0 Å². The highest BCUT2D eigenvalue weighted by Gasteiger charge is 2.36. The second-order valence-electron chi connectivity index (χ2n) is 5.39. The molecule has 0 bridgehead atoms. The van der Waals surface area contributed by atoms with Crippen LogP contribution >= 0.6 is 0 Å². The maximum absolute atomic E-state index is 12.4. The van der Waals surface area contributed by atoms with Crippen molar-refractivity contribution in [1.82, 2.24) is 0 Å². The first kappa shape index (κ1) is 19.2. The first-order valence-electron chi connectivity index (χ1n) is 7.85. The zero-order valence-electron chi connectivity index (χ0n) is 14.3. The Labute approximate surface area is 149 Å². The van der Waals surface area contributed by atoms with Gasteiger partial charge in [-0.1, -0.05) is 12.1 Å². The molecule has 0 fully saturated rings. The van der Waals surface area contributed by atoms with Crippen LogP contribution in [-0.4, -0.2) is 25.6 Å². The first-order chi connectivity index (χ1) is 12.4. The fourth-order valence-electron chi connectivity index (χ4n) is 2.63. The van der Waals surface area contributed by atoms with Crippen molar-refractivity contribution in [2.45, 2.75) is 26.2 Å². The van der Waals surface area contributed by atoms with Gasteiger partial charge in [0.2, 0.25) is 5.88 Å². The summed E-state index contributed by atoms with van der Waals surface area (Å²) >= 11 is 0. The zero-order valence-corrected chi connectivity index (χ0v) is 14.3. The summed E-state index contributed by atoms with van der Waals surface area (Å²) in [6.07, 6.45) is -2.62. The standard InChI is InChI=1S/C18H18F2N2O4/c1-3-24-18(23)15-10(2)26-17(22)13(8-21)16(15)11-5-4-6-12(7-11)25-9-14(19)20/h4-7,14,16H,3,9,22H2,1-2H3. The van der Waals surface area contributed by atoms with Gasteiger partial charge in [0.25, 0.3) is 6.43 Å². The smallest absolute Gasteiger partial charge is 0.338 e. The van der Waals surface area contributed by atoms with Gasteiger partial charge in [-0.15, -0.1) is 0 Å². The molecule has 0 spiro atoms. The summed E-state index contributed by atoms with van der Waals surface area (Å²) in [7, 11) is 0. The lowest BCUT2D eigenvalue weighted by Crippen LogP contribution is -2.25. The Balaban J connectivity index is 2.50. The molecule has 0 aliphatic carbocycles. The molecule has 2 rings (SSSR count). The molecule has 0 aromatic heterocycles. The summed E-state index contributed by atoms with van der Waals surface area (Å²) < 4.78 is 40.1. The summed E-state index contributed by atoms with van der Waals surface area (Å²) in [5, 5.41) is 9.48. The molecule has 26 heavy (non-hydrogen) atoms. The number of carbonyl (C=O) groups is 1. The van der Waals surface area contributed by atoms with Gasteiger partial charge in [0.15, 0.2) is 0 Å². The number of nitriles is 1. The summed E-state index contributed by atoms with van der Waals surface area (Å²) in [5.74, 6) is -1.21. The number of hydrogen-bond acceptors (Lipinski definition) is 6. The highest BCUT2D eigenvalue weighted by Crippen LogP contribution is 2.40. The van der Waals surface area contributed by atoms with Crippen LogP contribution in [0.3, 0.4) is 0 Å². The lowest BCUT2D eigenvalue weighted by Gasteiger charge is -2.27. The zero-order chi connectivity index (χ0) is 19.3. The molecule has 8 heteroatoms. The van der Waals surface area contributed by atoms with E-state index in [1.54, 1.807) is 19.1 Å². The monoisotopic (exact) mass is 364 g/mol. The molecular formula is C18H18F2N2O4. The quantitative estimate of drug-likeness (QED) is 0.780. The van der Waals surface area contributed by atoms with Gasteiger partial charge < -0.3 is 19.9 Å². The maximum atomic E-state index is 12.4. The van der Waals surface area contributed by atoms with Gasteiger partial charge in [0, 0.05) is 0 Å². The fourth-order valence-corrected chi connectivity index (χ4v) is 2.63. The second kappa shape index (κ2) is 8.34. The van der Waals surface area contributed by atoms with Crippen molar-refractivity contribution in [2.24, 2.45) is 5.73 Å². The van der Waals surface area contributed by atoms with Gasteiger partial charge in [0.05, 0.1) is 18.1 Å². The largest absolute Gasteiger partial charge is 0.488 e. The highest BCUT2D eigenvalue weighted by atomic mass is 19.3. The van der Waals surface area contributed by atoms with Crippen molar-refractivity contribution in [3.8, 4) is 11.8 Å². The Bertz CT molecular complexity index is 797. The molecule has 0 saturated heterocycles. The molecule has 0 amide bonds. The molecule has 1 aliphatic heterocycles. The van der Waals surface area contributed by atoms with Gasteiger partial charge in [-0.25, -0.2) is 13.6 Å². The van der Waals surface area contributed by atoms with E-state index in [4.69, 9.17) is 19.9 Å². The predicted octanol–water partition coefficient (Wildman–Crippen LogP) is 2.98. The molecule has 6 nitrogen and oxygen atoms in total. The van der Waals surface area contributed by atoms with E-state index < -0.39 is 24.9 Å². The van der Waals surface area contributed by atoms with E-state index in [1.807, 2.05) is 6.07 Å². The number of rotatable bonds is 6. The third-order valence-electron chi connectivity index (χ3n) is 3.67. The number of esters is 1. The second-order valence-corrected chi connectivity index (χ2v) is 5.39. The maximum Gasteiger partial charge on any atom is 0.338 e. The van der Waals surface area contributed by atoms with Crippen LogP contribution in [-0.2, 0) is 14.3 Å². The molecular weight excluding hydrogens is 346 g/mol. The molecule has 2 N–H and O–H groups in total. The van der Waals surface area contributed by atoms with Gasteiger partial charge >= 0.3 is 5.97 Å². The van der Waals surface area contributed by atoms with Gasteiger partial charge in [0.1, 0.15) is 29.8 Å². The van der Waals surface area contributed by atoms with Crippen molar-refractivity contribution < 1.29 is 27.8 Å². The Morgan fingerprint density at radius 1 is 1.46 bits per heavy atom. The van der Waals surface area contributed by atoms with E-state index in [1.165, 1.54) is 19.1 Å². The third-order valence-corrected chi connectivity index (χ3v) is 3.67. The summed E-state index contributed by atoms with van der Waals surface area (Å²) in [5.41, 5.74) is 6.43. The lowest BCUT2D eigenvalue weighted by atomic mass is 9.83. The Morgan fingerprint density at radius 3 is 2.81 bits per heavy atom. The molecule has 1 atom stereocenters. The molecule has 1 heterocycles. The fraction of sp³-hybridized carbons (Fsp3) is 0.333. The predicted molar refractivity (Wildman–Crippen MR) is 87.9 cm³/mol. The van der Waals surface area contributed by atoms with Crippen LogP contribution in [0.25, 0.3) is 0 Å². The van der Waals surface area contributed by atoms with E-state index in [0.29, 0.717) is 5.56 Å². The van der Waals surface area contributed by atoms with E-state index in [2.05, 4.69) is 0 Å². The van der Waals surface area contributed by atoms with Crippen molar-refractivity contribution in [3.63, 3.8) is 0 Å². The normalized spacial score (nSPS) is 17.0. The summed E-state index contributed by atoms with van der Waals surface area (Å²) in [4.78, 5) is 12.4. The Kier molecular flexibility index (Phi) is 6.17. The molecule has 0 saturated carbocycles. The van der Waals surface area contributed by atoms with Crippen molar-refractivity contribution in [3.05, 3.63) is 52.6 Å². The number of ether oxygens (including phenoxy) is 3. The lowest BCUT2D eigenvalue weighted by molar-refractivity contribution is -0.139. The van der Waals surface area contributed by atoms with Crippen LogP contribution in [0, 0.1) is 11.3 Å². The average molecular weight is 364 g/mol. The molecule has 1 aromatic carbocycles. The minimum absolute atomic E-state index is 0.0321. The van der Waals surface area contributed by atoms with Gasteiger partial charge in [-0.2, -0.15) is 5.26 Å². The third kappa shape index (κ3) is 4.11. The van der Waals surface area contributed by atoms with Crippen molar-refractivity contribution in [1.29, 1.82) is 5.26 Å². The van der Waals surface area contributed by atoms with Crippen LogP contribution in [0.5, 0.6) is 5.75 Å². The SMILES string of the molecule is CCOC(=O)C1=C(C)OC(N)=C(C#N)C1c1cccc(OCC(F)F)c1. The Hall–Kier alpha value is -3.08. The average Bonchev–Trinajstić information content (AvgIpc) is 2.59. The molecule has 1 unspecified atom stereocenters. The van der Waals surface area contributed by atoms with Crippen LogP contribution in [0.15, 0.2) is 47.1 Å². The number of nitrogens with two attached hydrogens (primary N) is 1. The van der Waals surface area contributed by atoms with E-state index >= 15 is 0 Å². The Morgan fingerprint density at radius 2 is 2.19 bits per heavy atom. The first-order valence-corrected chi connectivity index (χ1v) is 7.85. The minimum atomic E-state index is -2.62. The van der Waals surface area contributed by atoms with Crippen LogP contribution in [0.4, 0.5) is 8.78 Å². The van der Waals surface area contributed by atoms with E-state index in [9.17, 15) is 18.8 Å². The number of hydrogen-bond donors (Lipinski definition) is 1. The summed E-state index contributed by atoms with van der Waals surface area (Å²) in [6, 6.07) is 8.15. The van der Waals surface area contributed by atoms with Gasteiger partial charge in [-0.05, 0) is 31.5 Å². The highest BCUT2D eigenvalue weighted by molar-refractivity contribution is 5.92. The van der Waals surface area contributed by atoms with E-state index in [0.717, 1.165) is 0 Å². The number of halogens is 2. The van der Waals surface area contributed by atoms with Gasteiger partial charge in [-0.3, -0.25) is 0 Å². The molecule has 138 valence electrons. The van der Waals surface area contributed by atoms with Crippen LogP contribution in [0.1, 0.15) is 25.3 Å². The minimum Gasteiger partial charge on any atom is -0.488 e. The van der Waals surface area contributed by atoms with Crippen molar-refractivity contribution in [2.75, 3.05) is 13.2 Å². The van der Waals surface area contributed by atoms with E-state index in [-0.39, 0.29) is 35.1 Å². The molecule has 1 aromatic rings. The number of benzene rings is 1. The molecule has 1 aliphatic rings. The number of carbonyl (C=O) groups excluding carboxylic acids is 1.